The standard InChI is InChI=1S/C22H22F3N5O2/c1-12-16(5-4-6-18(12)22(23,24)25)13(2)27-21-17-9-15(30-7-8-32-11-19(30)31)10-26-20(17)14(3)28-29-21/h4-6,9-10,13H,7-8,11H2,1-3H3,(H,27,29)/t13-/m1/s1. The van der Waals surface area contributed by atoms with E-state index in [-0.39, 0.29) is 18.1 Å². The molecule has 3 heterocycles. The maximum atomic E-state index is 13.3. The van der Waals surface area contributed by atoms with Crippen molar-refractivity contribution in [2.45, 2.75) is 33.0 Å². The number of fused-ring (bicyclic) bond motifs is 1. The molecule has 1 amide bonds. The quantitative estimate of drug-likeness (QED) is 0.649. The Kier molecular flexibility index (Phi) is 5.72. The topological polar surface area (TPSA) is 80.2 Å². The van der Waals surface area contributed by atoms with E-state index in [1.807, 2.05) is 0 Å². The van der Waals surface area contributed by atoms with E-state index in [9.17, 15) is 18.0 Å². The Morgan fingerprint density at radius 3 is 2.72 bits per heavy atom. The smallest absolute Gasteiger partial charge is 0.370 e. The summed E-state index contributed by atoms with van der Waals surface area (Å²) in [4.78, 5) is 18.3. The van der Waals surface area contributed by atoms with Gasteiger partial charge in [0.1, 0.15) is 6.61 Å². The molecular formula is C22H22F3N5O2. The Morgan fingerprint density at radius 1 is 1.22 bits per heavy atom. The van der Waals surface area contributed by atoms with Crippen LogP contribution in [0.3, 0.4) is 0 Å². The number of nitrogens with one attached hydrogen (secondary N) is 1. The van der Waals surface area contributed by atoms with Gasteiger partial charge in [-0.05, 0) is 44.0 Å². The number of aromatic nitrogens is 3. The number of rotatable bonds is 4. The lowest BCUT2D eigenvalue weighted by atomic mass is 9.97. The van der Waals surface area contributed by atoms with Gasteiger partial charge in [-0.3, -0.25) is 9.78 Å². The van der Waals surface area contributed by atoms with Crippen molar-refractivity contribution in [3.8, 4) is 0 Å². The number of anilines is 2. The van der Waals surface area contributed by atoms with Crippen LogP contribution in [0, 0.1) is 13.8 Å². The first-order valence-electron chi connectivity index (χ1n) is 10.1. The number of halogens is 3. The highest BCUT2D eigenvalue weighted by Gasteiger charge is 2.33. The number of carbonyl (C=O) groups excluding carboxylic acids is 1. The number of hydrogen-bond acceptors (Lipinski definition) is 6. The van der Waals surface area contributed by atoms with Crippen molar-refractivity contribution in [1.82, 2.24) is 15.2 Å². The number of alkyl halides is 3. The molecular weight excluding hydrogens is 423 g/mol. The number of nitrogens with zero attached hydrogens (tertiary/aromatic N) is 4. The normalized spacial score (nSPS) is 15.8. The van der Waals surface area contributed by atoms with Crippen LogP contribution in [0.25, 0.3) is 10.9 Å². The number of morpholine rings is 1. The van der Waals surface area contributed by atoms with Crippen LogP contribution >= 0.6 is 0 Å². The number of amides is 1. The zero-order valence-corrected chi connectivity index (χ0v) is 17.8. The predicted octanol–water partition coefficient (Wildman–Crippen LogP) is 4.20. The highest BCUT2D eigenvalue weighted by Crippen LogP contribution is 2.36. The van der Waals surface area contributed by atoms with Crippen LogP contribution in [0.4, 0.5) is 24.7 Å². The molecule has 2 aromatic heterocycles. The van der Waals surface area contributed by atoms with Gasteiger partial charge in [0.05, 0.1) is 41.3 Å². The molecule has 32 heavy (non-hydrogen) atoms. The van der Waals surface area contributed by atoms with Gasteiger partial charge in [0.15, 0.2) is 5.82 Å². The van der Waals surface area contributed by atoms with E-state index in [1.165, 1.54) is 13.0 Å². The monoisotopic (exact) mass is 445 g/mol. The first-order valence-corrected chi connectivity index (χ1v) is 10.1. The largest absolute Gasteiger partial charge is 0.416 e. The Bertz CT molecular complexity index is 1180. The van der Waals surface area contributed by atoms with Crippen LogP contribution in [-0.2, 0) is 15.7 Å². The molecule has 7 nitrogen and oxygen atoms in total. The van der Waals surface area contributed by atoms with Crippen molar-refractivity contribution in [3.63, 3.8) is 0 Å². The molecule has 1 atom stereocenters. The third kappa shape index (κ3) is 4.10. The van der Waals surface area contributed by atoms with Gasteiger partial charge in [-0.1, -0.05) is 12.1 Å². The summed E-state index contributed by atoms with van der Waals surface area (Å²) < 4.78 is 45.2. The minimum atomic E-state index is -4.43. The van der Waals surface area contributed by atoms with Gasteiger partial charge < -0.3 is 15.0 Å². The molecule has 1 aromatic carbocycles. The maximum absolute atomic E-state index is 13.3. The van der Waals surface area contributed by atoms with Crippen molar-refractivity contribution < 1.29 is 22.7 Å². The lowest BCUT2D eigenvalue weighted by molar-refractivity contribution is -0.138. The van der Waals surface area contributed by atoms with Gasteiger partial charge in [-0.2, -0.15) is 18.3 Å². The molecule has 10 heteroatoms. The van der Waals surface area contributed by atoms with Gasteiger partial charge in [0.2, 0.25) is 0 Å². The number of benzene rings is 1. The molecule has 3 aromatic rings. The predicted molar refractivity (Wildman–Crippen MR) is 113 cm³/mol. The van der Waals surface area contributed by atoms with Gasteiger partial charge in [0, 0.05) is 11.9 Å². The average molecular weight is 445 g/mol. The van der Waals surface area contributed by atoms with E-state index in [1.54, 1.807) is 37.1 Å². The van der Waals surface area contributed by atoms with Crippen molar-refractivity contribution in [2.75, 3.05) is 30.0 Å². The number of ether oxygens (including phenoxy) is 1. The zero-order chi connectivity index (χ0) is 23.0. The molecule has 0 bridgehead atoms. The number of aryl methyl sites for hydroxylation is 1. The highest BCUT2D eigenvalue weighted by molar-refractivity contribution is 5.98. The Hall–Kier alpha value is -3.27. The first-order chi connectivity index (χ1) is 15.2. The van der Waals surface area contributed by atoms with Gasteiger partial charge in [-0.25, -0.2) is 0 Å². The second-order valence-electron chi connectivity index (χ2n) is 7.71. The Balaban J connectivity index is 1.72. The van der Waals surface area contributed by atoms with Crippen molar-refractivity contribution in [1.29, 1.82) is 0 Å². The third-order valence-electron chi connectivity index (χ3n) is 5.57. The molecule has 1 saturated heterocycles. The average Bonchev–Trinajstić information content (AvgIpc) is 2.75. The second-order valence-corrected chi connectivity index (χ2v) is 7.71. The fourth-order valence-electron chi connectivity index (χ4n) is 3.91. The molecule has 1 aliphatic rings. The van der Waals surface area contributed by atoms with Crippen LogP contribution in [0.5, 0.6) is 0 Å². The lowest BCUT2D eigenvalue weighted by Gasteiger charge is -2.27. The summed E-state index contributed by atoms with van der Waals surface area (Å²) in [6, 6.07) is 5.43. The van der Waals surface area contributed by atoms with E-state index in [2.05, 4.69) is 20.5 Å². The minimum absolute atomic E-state index is 0.00260. The van der Waals surface area contributed by atoms with E-state index in [4.69, 9.17) is 4.74 Å². The van der Waals surface area contributed by atoms with Crippen LogP contribution in [-0.4, -0.2) is 40.8 Å². The molecule has 0 unspecified atom stereocenters. The van der Waals surface area contributed by atoms with Gasteiger partial charge >= 0.3 is 6.18 Å². The van der Waals surface area contributed by atoms with Gasteiger partial charge in [0.25, 0.3) is 5.91 Å². The Morgan fingerprint density at radius 2 is 2.00 bits per heavy atom. The second kappa shape index (κ2) is 8.34. The summed E-state index contributed by atoms with van der Waals surface area (Å²) in [6.07, 6.45) is -2.83. The van der Waals surface area contributed by atoms with Crippen molar-refractivity contribution >= 4 is 28.3 Å². The summed E-state index contributed by atoms with van der Waals surface area (Å²) in [6.45, 7) is 5.83. The zero-order valence-electron chi connectivity index (χ0n) is 17.8. The highest BCUT2D eigenvalue weighted by atomic mass is 19.4. The van der Waals surface area contributed by atoms with E-state index < -0.39 is 17.8 Å². The van der Waals surface area contributed by atoms with Crippen molar-refractivity contribution in [3.05, 3.63) is 52.8 Å². The van der Waals surface area contributed by atoms with Crippen LogP contribution in [0.15, 0.2) is 30.5 Å². The molecule has 1 fully saturated rings. The molecule has 0 radical (unpaired) electrons. The molecule has 168 valence electrons. The van der Waals surface area contributed by atoms with E-state index >= 15 is 0 Å². The Labute approximate surface area is 182 Å². The number of hydrogen-bond donors (Lipinski definition) is 1. The SMILES string of the molecule is Cc1c([C@@H](C)Nc2nnc(C)c3ncc(N4CCOCC4=O)cc23)cccc1C(F)(F)F. The fourth-order valence-corrected chi connectivity index (χ4v) is 3.91. The van der Waals surface area contributed by atoms with E-state index in [0.29, 0.717) is 46.8 Å². The third-order valence-corrected chi connectivity index (χ3v) is 5.57. The van der Waals surface area contributed by atoms with Crippen LogP contribution in [0.1, 0.15) is 35.3 Å². The van der Waals surface area contributed by atoms with Crippen LogP contribution < -0.4 is 10.2 Å². The minimum Gasteiger partial charge on any atom is -0.370 e. The molecule has 0 aliphatic carbocycles. The molecule has 1 N–H and O–H groups in total. The molecule has 0 saturated carbocycles. The van der Waals surface area contributed by atoms with Crippen molar-refractivity contribution in [2.24, 2.45) is 0 Å². The van der Waals surface area contributed by atoms with E-state index in [0.717, 1.165) is 6.07 Å². The summed E-state index contributed by atoms with van der Waals surface area (Å²) in [7, 11) is 0. The fraction of sp³-hybridized carbons (Fsp3) is 0.364. The lowest BCUT2D eigenvalue weighted by Crippen LogP contribution is -2.41. The molecule has 4 rings (SSSR count). The molecule has 1 aliphatic heterocycles. The van der Waals surface area contributed by atoms with Gasteiger partial charge in [-0.15, -0.1) is 5.10 Å². The maximum Gasteiger partial charge on any atom is 0.416 e. The summed E-state index contributed by atoms with van der Waals surface area (Å²) in [5, 5.41) is 12.2. The molecule has 0 spiro atoms. The van der Waals surface area contributed by atoms with Crippen LogP contribution in [0.2, 0.25) is 0 Å². The first kappa shape index (κ1) is 21.9. The number of carbonyl (C=O) groups is 1. The summed E-state index contributed by atoms with van der Waals surface area (Å²) >= 11 is 0. The summed E-state index contributed by atoms with van der Waals surface area (Å²) in [5.41, 5.74) is 1.79. The number of pyridine rings is 1. The summed E-state index contributed by atoms with van der Waals surface area (Å²) in [5.74, 6) is 0.212.